The van der Waals surface area contributed by atoms with Gasteiger partial charge in [0.1, 0.15) is 6.29 Å². The number of aliphatic hydroxyl groups excluding tert-OH is 1. The van der Waals surface area contributed by atoms with Crippen molar-refractivity contribution in [1.29, 1.82) is 0 Å². The van der Waals surface area contributed by atoms with Gasteiger partial charge in [-0.25, -0.2) is 0 Å². The lowest BCUT2D eigenvalue weighted by Gasteiger charge is -2.31. The van der Waals surface area contributed by atoms with Crippen LogP contribution in [0, 0.1) is 22.7 Å². The molecule has 4 unspecified atom stereocenters. The van der Waals surface area contributed by atoms with Crippen molar-refractivity contribution < 1.29 is 9.90 Å². The maximum Gasteiger partial charge on any atom is 0.127 e. The molecule has 0 aromatic heterocycles. The molecule has 4 aliphatic rings. The van der Waals surface area contributed by atoms with Crippen molar-refractivity contribution in [2.45, 2.75) is 38.8 Å². The Balaban J connectivity index is 0.000000135. The SMILES string of the molecule is O=CC12CC1CCN(Cc1ccccc1)C2.OCC12CC1CCN(Cc1ccccc1)C2. The van der Waals surface area contributed by atoms with Crippen LogP contribution in [0.3, 0.4) is 0 Å². The molecule has 0 spiro atoms. The summed E-state index contributed by atoms with van der Waals surface area (Å²) in [6.07, 6.45) is 6.05. The highest BCUT2D eigenvalue weighted by atomic mass is 16.3. The topological polar surface area (TPSA) is 43.8 Å². The third-order valence-electron chi connectivity index (χ3n) is 8.33. The zero-order chi connectivity index (χ0) is 22.0. The highest BCUT2D eigenvalue weighted by Crippen LogP contribution is 2.57. The molecule has 0 bridgehead atoms. The van der Waals surface area contributed by atoms with E-state index in [4.69, 9.17) is 0 Å². The number of aliphatic hydroxyl groups is 1. The predicted molar refractivity (Wildman–Crippen MR) is 127 cm³/mol. The summed E-state index contributed by atoms with van der Waals surface area (Å²) in [5.41, 5.74) is 3.04. The lowest BCUT2D eigenvalue weighted by atomic mass is 9.98. The summed E-state index contributed by atoms with van der Waals surface area (Å²) in [5.74, 6) is 1.50. The van der Waals surface area contributed by atoms with Crippen LogP contribution in [0.1, 0.15) is 36.8 Å². The molecule has 0 radical (unpaired) electrons. The van der Waals surface area contributed by atoms with Crippen LogP contribution in [0.15, 0.2) is 60.7 Å². The summed E-state index contributed by atoms with van der Waals surface area (Å²) in [4.78, 5) is 16.0. The van der Waals surface area contributed by atoms with Crippen LogP contribution in [0.4, 0.5) is 0 Å². The zero-order valence-corrected chi connectivity index (χ0v) is 19.0. The van der Waals surface area contributed by atoms with Crippen LogP contribution in [-0.2, 0) is 17.9 Å². The van der Waals surface area contributed by atoms with Crippen LogP contribution >= 0.6 is 0 Å². The van der Waals surface area contributed by atoms with Gasteiger partial charge in [0.2, 0.25) is 0 Å². The van der Waals surface area contributed by atoms with Gasteiger partial charge in [-0.3, -0.25) is 9.80 Å². The number of benzene rings is 2. The number of rotatable bonds is 6. The molecule has 32 heavy (non-hydrogen) atoms. The second-order valence-corrected chi connectivity index (χ2v) is 10.6. The van der Waals surface area contributed by atoms with E-state index in [0.717, 1.165) is 45.1 Å². The van der Waals surface area contributed by atoms with Gasteiger partial charge >= 0.3 is 0 Å². The summed E-state index contributed by atoms with van der Waals surface area (Å²) >= 11 is 0. The van der Waals surface area contributed by atoms with E-state index >= 15 is 0 Å². The average Bonchev–Trinajstić information content (AvgIpc) is 3.74. The number of hydrogen-bond donors (Lipinski definition) is 1. The van der Waals surface area contributed by atoms with E-state index in [1.54, 1.807) is 0 Å². The van der Waals surface area contributed by atoms with Gasteiger partial charge < -0.3 is 9.90 Å². The van der Waals surface area contributed by atoms with E-state index in [0.29, 0.717) is 12.5 Å². The van der Waals surface area contributed by atoms with Crippen LogP contribution in [0.5, 0.6) is 0 Å². The smallest absolute Gasteiger partial charge is 0.127 e. The summed E-state index contributed by atoms with van der Waals surface area (Å²) in [6, 6.07) is 21.1. The molecule has 0 amide bonds. The molecule has 4 fully saturated rings. The molecule has 2 saturated carbocycles. The highest BCUT2D eigenvalue weighted by Gasteiger charge is 2.57. The largest absolute Gasteiger partial charge is 0.396 e. The van der Waals surface area contributed by atoms with Crippen molar-refractivity contribution in [3.05, 3.63) is 71.8 Å². The Morgan fingerprint density at radius 2 is 1.38 bits per heavy atom. The highest BCUT2D eigenvalue weighted by molar-refractivity contribution is 5.65. The lowest BCUT2D eigenvalue weighted by molar-refractivity contribution is -0.114. The van der Waals surface area contributed by atoms with Gasteiger partial charge in [-0.2, -0.15) is 0 Å². The van der Waals surface area contributed by atoms with E-state index in [-0.39, 0.29) is 10.8 Å². The summed E-state index contributed by atoms with van der Waals surface area (Å²) in [6.45, 7) is 6.80. The molecule has 1 N–H and O–H groups in total. The van der Waals surface area contributed by atoms with E-state index < -0.39 is 0 Å². The fraction of sp³-hybridized carbons (Fsp3) is 0.536. The maximum atomic E-state index is 11.1. The minimum absolute atomic E-state index is 0.0348. The fourth-order valence-electron chi connectivity index (χ4n) is 6.09. The third-order valence-corrected chi connectivity index (χ3v) is 8.33. The Morgan fingerprint density at radius 3 is 1.94 bits per heavy atom. The monoisotopic (exact) mass is 432 g/mol. The van der Waals surface area contributed by atoms with Crippen molar-refractivity contribution in [1.82, 2.24) is 9.80 Å². The Bertz CT molecular complexity index is 904. The standard InChI is InChI=1S/C14H19NO.C14H17NO/c2*16-11-14-8-13(14)6-7-15(10-14)9-12-4-2-1-3-5-12/h1-5,13,16H,6-11H2;1-5,11,13H,6-10H2. The number of aldehydes is 1. The Hall–Kier alpha value is -2.01. The fourth-order valence-corrected chi connectivity index (χ4v) is 6.09. The Labute approximate surface area is 192 Å². The first-order valence-electron chi connectivity index (χ1n) is 12.2. The molecule has 2 aliphatic heterocycles. The molecular weight excluding hydrogens is 396 g/mol. The number of nitrogens with zero attached hydrogens (tertiary/aromatic N) is 2. The van der Waals surface area contributed by atoms with Gasteiger partial charge in [0, 0.05) is 37.0 Å². The Kier molecular flexibility index (Phi) is 6.20. The molecule has 4 heteroatoms. The quantitative estimate of drug-likeness (QED) is 0.701. The molecule has 4 nitrogen and oxygen atoms in total. The molecule has 4 atom stereocenters. The number of hydrogen-bond acceptors (Lipinski definition) is 4. The van der Waals surface area contributed by atoms with Gasteiger partial charge in [0.05, 0.1) is 6.61 Å². The molecule has 2 aromatic carbocycles. The van der Waals surface area contributed by atoms with Gasteiger partial charge in [-0.05, 0) is 61.7 Å². The first-order chi connectivity index (χ1) is 15.6. The minimum Gasteiger partial charge on any atom is -0.396 e. The lowest BCUT2D eigenvalue weighted by Crippen LogP contribution is -2.37. The molecular formula is C28H36N2O2. The van der Waals surface area contributed by atoms with Crippen LogP contribution in [-0.4, -0.2) is 54.0 Å². The molecule has 2 aromatic rings. The van der Waals surface area contributed by atoms with Gasteiger partial charge in [-0.1, -0.05) is 60.7 Å². The number of piperidine rings is 2. The second kappa shape index (κ2) is 9.09. The Morgan fingerprint density at radius 1 is 0.812 bits per heavy atom. The maximum absolute atomic E-state index is 11.1. The van der Waals surface area contributed by atoms with E-state index in [9.17, 15) is 9.90 Å². The van der Waals surface area contributed by atoms with Crippen LogP contribution < -0.4 is 0 Å². The number of carbonyl (C=O) groups excluding carboxylic acids is 1. The van der Waals surface area contributed by atoms with Crippen molar-refractivity contribution in [3.63, 3.8) is 0 Å². The third kappa shape index (κ3) is 4.68. The molecule has 2 heterocycles. The second-order valence-electron chi connectivity index (χ2n) is 10.6. The number of carbonyl (C=O) groups is 1. The van der Waals surface area contributed by atoms with E-state index in [2.05, 4.69) is 64.4 Å². The molecule has 2 aliphatic carbocycles. The van der Waals surface area contributed by atoms with Crippen molar-refractivity contribution in [2.75, 3.05) is 32.8 Å². The molecule has 6 rings (SSSR count). The number of fused-ring (bicyclic) bond motifs is 2. The first kappa shape index (κ1) is 21.8. The van der Waals surface area contributed by atoms with Crippen molar-refractivity contribution in [3.8, 4) is 0 Å². The summed E-state index contributed by atoms with van der Waals surface area (Å²) < 4.78 is 0. The van der Waals surface area contributed by atoms with Gasteiger partial charge in [-0.15, -0.1) is 0 Å². The van der Waals surface area contributed by atoms with Crippen LogP contribution in [0.25, 0.3) is 0 Å². The first-order valence-corrected chi connectivity index (χ1v) is 12.2. The average molecular weight is 433 g/mol. The van der Waals surface area contributed by atoms with E-state index in [1.807, 2.05) is 6.07 Å². The van der Waals surface area contributed by atoms with Gasteiger partial charge in [0.15, 0.2) is 0 Å². The minimum atomic E-state index is 0.0348. The van der Waals surface area contributed by atoms with Gasteiger partial charge in [0.25, 0.3) is 0 Å². The van der Waals surface area contributed by atoms with E-state index in [1.165, 1.54) is 43.2 Å². The zero-order valence-electron chi connectivity index (χ0n) is 19.0. The summed E-state index contributed by atoms with van der Waals surface area (Å²) in [7, 11) is 0. The normalized spacial score (nSPS) is 33.3. The molecule has 170 valence electrons. The predicted octanol–water partition coefficient (Wildman–Crippen LogP) is 3.99. The number of likely N-dealkylation sites (tertiary alicyclic amines) is 2. The summed E-state index contributed by atoms with van der Waals surface area (Å²) in [5, 5.41) is 9.45. The van der Waals surface area contributed by atoms with Crippen LogP contribution in [0.2, 0.25) is 0 Å². The van der Waals surface area contributed by atoms with Crippen molar-refractivity contribution >= 4 is 6.29 Å². The van der Waals surface area contributed by atoms with Crippen molar-refractivity contribution in [2.24, 2.45) is 22.7 Å². The molecule has 2 saturated heterocycles.